The summed E-state index contributed by atoms with van der Waals surface area (Å²) in [4.78, 5) is 15.8. The zero-order chi connectivity index (χ0) is 14.8. The number of aromatic nitrogens is 3. The van der Waals surface area contributed by atoms with Crippen LogP contribution in [0, 0.1) is 20.8 Å². The van der Waals surface area contributed by atoms with Crippen LogP contribution >= 0.6 is 11.3 Å². The molecule has 1 aliphatic rings. The Hall–Kier alpha value is -1.37. The number of thiazole rings is 1. The number of hydrogen-bond donors (Lipinski definition) is 0. The molecule has 112 valence electrons. The highest BCUT2D eigenvalue weighted by molar-refractivity contribution is 7.09. The highest BCUT2D eigenvalue weighted by Crippen LogP contribution is 2.22. The summed E-state index contributed by atoms with van der Waals surface area (Å²) < 4.78 is 5.90. The Balaban J connectivity index is 1.70. The predicted molar refractivity (Wildman–Crippen MR) is 82.3 cm³/mol. The molecule has 0 radical (unpaired) electrons. The van der Waals surface area contributed by atoms with Gasteiger partial charge >= 0.3 is 0 Å². The van der Waals surface area contributed by atoms with Gasteiger partial charge < -0.3 is 4.74 Å². The zero-order valence-corrected chi connectivity index (χ0v) is 13.5. The van der Waals surface area contributed by atoms with Gasteiger partial charge in [0, 0.05) is 30.7 Å². The molecule has 0 spiro atoms. The monoisotopic (exact) mass is 304 g/mol. The van der Waals surface area contributed by atoms with Crippen LogP contribution in [-0.2, 0) is 11.3 Å². The molecule has 0 amide bonds. The first-order valence-electron chi connectivity index (χ1n) is 7.17. The van der Waals surface area contributed by atoms with Crippen LogP contribution in [-0.4, -0.2) is 39.5 Å². The molecule has 3 rings (SSSR count). The van der Waals surface area contributed by atoms with E-state index in [2.05, 4.69) is 25.2 Å². The average molecular weight is 304 g/mol. The van der Waals surface area contributed by atoms with Gasteiger partial charge in [-0.25, -0.2) is 15.0 Å². The molecule has 1 aliphatic heterocycles. The van der Waals surface area contributed by atoms with Gasteiger partial charge in [-0.3, -0.25) is 4.90 Å². The summed E-state index contributed by atoms with van der Waals surface area (Å²) in [7, 11) is 0. The maximum absolute atomic E-state index is 5.90. The lowest BCUT2D eigenvalue weighted by molar-refractivity contribution is -0.0354. The molecule has 0 aliphatic carbocycles. The van der Waals surface area contributed by atoms with Crippen LogP contribution in [0.2, 0.25) is 0 Å². The van der Waals surface area contributed by atoms with Gasteiger partial charge in [0.2, 0.25) is 0 Å². The van der Waals surface area contributed by atoms with E-state index in [9.17, 15) is 0 Å². The van der Waals surface area contributed by atoms with Gasteiger partial charge in [0.15, 0.2) is 0 Å². The van der Waals surface area contributed by atoms with E-state index in [1.807, 2.05) is 26.8 Å². The van der Waals surface area contributed by atoms with Gasteiger partial charge in [-0.1, -0.05) is 0 Å². The Bertz CT molecular complexity index is 608. The molecule has 0 N–H and O–H groups in total. The Labute approximate surface area is 129 Å². The van der Waals surface area contributed by atoms with Crippen LogP contribution in [0.15, 0.2) is 11.4 Å². The minimum atomic E-state index is 0.0267. The van der Waals surface area contributed by atoms with E-state index >= 15 is 0 Å². The Morgan fingerprint density at radius 1 is 1.29 bits per heavy atom. The SMILES string of the molecule is Cc1cc([C@@H]2CN(Cc3csc(C)n3)CCO2)nc(C)n1. The van der Waals surface area contributed by atoms with Gasteiger partial charge in [0.1, 0.15) is 11.9 Å². The van der Waals surface area contributed by atoms with Crippen molar-refractivity contribution in [3.05, 3.63) is 39.4 Å². The molecule has 21 heavy (non-hydrogen) atoms. The summed E-state index contributed by atoms with van der Waals surface area (Å²) >= 11 is 1.70. The van der Waals surface area contributed by atoms with E-state index in [4.69, 9.17) is 4.74 Å². The molecule has 0 bridgehead atoms. The summed E-state index contributed by atoms with van der Waals surface area (Å²) in [5, 5.41) is 3.26. The third-order valence-electron chi connectivity index (χ3n) is 3.52. The molecule has 5 nitrogen and oxygen atoms in total. The average Bonchev–Trinajstić information content (AvgIpc) is 2.83. The van der Waals surface area contributed by atoms with Crippen LogP contribution in [0.3, 0.4) is 0 Å². The smallest absolute Gasteiger partial charge is 0.125 e. The van der Waals surface area contributed by atoms with Gasteiger partial charge in [0.25, 0.3) is 0 Å². The first-order valence-corrected chi connectivity index (χ1v) is 8.05. The molecular formula is C15H20N4OS. The summed E-state index contributed by atoms with van der Waals surface area (Å²) in [5.74, 6) is 0.806. The number of nitrogens with zero attached hydrogens (tertiary/aromatic N) is 4. The maximum atomic E-state index is 5.90. The molecule has 1 fully saturated rings. The van der Waals surface area contributed by atoms with Gasteiger partial charge in [-0.05, 0) is 26.8 Å². The first-order chi connectivity index (χ1) is 10.1. The minimum Gasteiger partial charge on any atom is -0.369 e. The Morgan fingerprint density at radius 3 is 2.86 bits per heavy atom. The van der Waals surface area contributed by atoms with Crippen molar-refractivity contribution in [2.75, 3.05) is 19.7 Å². The lowest BCUT2D eigenvalue weighted by Gasteiger charge is -2.32. The minimum absolute atomic E-state index is 0.0267. The molecule has 0 unspecified atom stereocenters. The standard InChI is InChI=1S/C15H20N4OS/c1-10-6-14(17-11(2)16-10)15-8-19(4-5-20-15)7-13-9-21-12(3)18-13/h6,9,15H,4-5,7-8H2,1-3H3/t15-/m0/s1. The highest BCUT2D eigenvalue weighted by atomic mass is 32.1. The lowest BCUT2D eigenvalue weighted by Crippen LogP contribution is -2.38. The second kappa shape index (κ2) is 6.17. The number of aryl methyl sites for hydroxylation is 3. The first kappa shape index (κ1) is 14.6. The Kier molecular flexibility index (Phi) is 4.28. The Morgan fingerprint density at radius 2 is 2.14 bits per heavy atom. The van der Waals surface area contributed by atoms with Crippen LogP contribution in [0.4, 0.5) is 0 Å². The lowest BCUT2D eigenvalue weighted by atomic mass is 10.1. The van der Waals surface area contributed by atoms with E-state index in [-0.39, 0.29) is 6.10 Å². The third-order valence-corrected chi connectivity index (χ3v) is 4.34. The molecule has 0 aromatic carbocycles. The van der Waals surface area contributed by atoms with Gasteiger partial charge in [0.05, 0.1) is 23.0 Å². The van der Waals surface area contributed by atoms with Crippen LogP contribution < -0.4 is 0 Å². The van der Waals surface area contributed by atoms with Crippen molar-refractivity contribution in [3.63, 3.8) is 0 Å². The maximum Gasteiger partial charge on any atom is 0.125 e. The molecule has 2 aromatic heterocycles. The second-order valence-electron chi connectivity index (χ2n) is 5.43. The fourth-order valence-electron chi connectivity index (χ4n) is 2.65. The van der Waals surface area contributed by atoms with Crippen molar-refractivity contribution >= 4 is 11.3 Å². The van der Waals surface area contributed by atoms with E-state index in [1.54, 1.807) is 11.3 Å². The van der Waals surface area contributed by atoms with Crippen molar-refractivity contribution in [1.82, 2.24) is 19.9 Å². The van der Waals surface area contributed by atoms with Crippen LogP contribution in [0.1, 0.15) is 34.0 Å². The summed E-state index contributed by atoms with van der Waals surface area (Å²) in [6.45, 7) is 9.38. The van der Waals surface area contributed by atoms with E-state index in [0.717, 1.165) is 54.2 Å². The predicted octanol–water partition coefficient (Wildman–Crippen LogP) is 2.43. The van der Waals surface area contributed by atoms with Crippen molar-refractivity contribution in [2.45, 2.75) is 33.4 Å². The third kappa shape index (κ3) is 3.64. The highest BCUT2D eigenvalue weighted by Gasteiger charge is 2.24. The summed E-state index contributed by atoms with van der Waals surface area (Å²) in [6, 6.07) is 2.02. The summed E-state index contributed by atoms with van der Waals surface area (Å²) in [5.41, 5.74) is 3.13. The number of rotatable bonds is 3. The largest absolute Gasteiger partial charge is 0.369 e. The number of hydrogen-bond acceptors (Lipinski definition) is 6. The van der Waals surface area contributed by atoms with E-state index < -0.39 is 0 Å². The van der Waals surface area contributed by atoms with E-state index in [1.165, 1.54) is 0 Å². The number of ether oxygens (including phenoxy) is 1. The van der Waals surface area contributed by atoms with Crippen molar-refractivity contribution in [2.24, 2.45) is 0 Å². The molecule has 1 atom stereocenters. The van der Waals surface area contributed by atoms with Crippen molar-refractivity contribution in [1.29, 1.82) is 0 Å². The quantitative estimate of drug-likeness (QED) is 0.871. The van der Waals surface area contributed by atoms with Gasteiger partial charge in [-0.2, -0.15) is 0 Å². The second-order valence-corrected chi connectivity index (χ2v) is 6.50. The van der Waals surface area contributed by atoms with Crippen LogP contribution in [0.5, 0.6) is 0 Å². The fourth-order valence-corrected chi connectivity index (χ4v) is 3.25. The molecule has 2 aromatic rings. The topological polar surface area (TPSA) is 51.1 Å². The molecule has 1 saturated heterocycles. The molecular weight excluding hydrogens is 284 g/mol. The molecule has 6 heteroatoms. The van der Waals surface area contributed by atoms with Gasteiger partial charge in [-0.15, -0.1) is 11.3 Å². The molecule has 3 heterocycles. The fraction of sp³-hybridized carbons (Fsp3) is 0.533. The summed E-state index contributed by atoms with van der Waals surface area (Å²) in [6.07, 6.45) is 0.0267. The van der Waals surface area contributed by atoms with Crippen LogP contribution in [0.25, 0.3) is 0 Å². The van der Waals surface area contributed by atoms with Crippen molar-refractivity contribution < 1.29 is 4.74 Å². The van der Waals surface area contributed by atoms with Crippen molar-refractivity contribution in [3.8, 4) is 0 Å². The molecule has 0 saturated carbocycles. The normalized spacial score (nSPS) is 19.9. The van der Waals surface area contributed by atoms with E-state index in [0.29, 0.717) is 0 Å². The zero-order valence-electron chi connectivity index (χ0n) is 12.7. The number of morpholine rings is 1.